The Morgan fingerprint density at radius 2 is 1.68 bits per heavy atom. The summed E-state index contributed by atoms with van der Waals surface area (Å²) in [6.07, 6.45) is 1.83. The molecule has 0 aliphatic carbocycles. The smallest absolute Gasteiger partial charge is 0.305 e. The standard InChI is InChI=1S/C24H29ClO3/c1-16-13-22(18-6-8-20(25)9-7-18)17(2)12-19(16)14-21(26)15-24(3,4)11-10-23(27)28-5/h6-9,12-13H,10-11,14-15H2,1-5H3. The maximum Gasteiger partial charge on any atom is 0.305 e. The van der Waals surface area contributed by atoms with Crippen LogP contribution < -0.4 is 0 Å². The molecule has 0 radical (unpaired) electrons. The second kappa shape index (κ2) is 9.38. The van der Waals surface area contributed by atoms with Gasteiger partial charge in [-0.25, -0.2) is 0 Å². The van der Waals surface area contributed by atoms with E-state index in [1.165, 1.54) is 7.11 Å². The van der Waals surface area contributed by atoms with E-state index >= 15 is 0 Å². The van der Waals surface area contributed by atoms with Gasteiger partial charge in [-0.05, 0) is 65.6 Å². The molecule has 0 heterocycles. The Hall–Kier alpha value is -2.13. The van der Waals surface area contributed by atoms with Crippen molar-refractivity contribution in [2.45, 2.75) is 53.4 Å². The number of carbonyl (C=O) groups is 2. The predicted molar refractivity (Wildman–Crippen MR) is 115 cm³/mol. The maximum atomic E-state index is 12.7. The molecule has 0 amide bonds. The third-order valence-corrected chi connectivity index (χ3v) is 5.39. The van der Waals surface area contributed by atoms with Crippen molar-refractivity contribution in [2.75, 3.05) is 7.11 Å². The summed E-state index contributed by atoms with van der Waals surface area (Å²) in [6.45, 7) is 8.16. The van der Waals surface area contributed by atoms with Gasteiger partial charge in [0.15, 0.2) is 0 Å². The summed E-state index contributed by atoms with van der Waals surface area (Å²) in [7, 11) is 1.39. The van der Waals surface area contributed by atoms with E-state index < -0.39 is 0 Å². The van der Waals surface area contributed by atoms with Crippen molar-refractivity contribution in [3.05, 3.63) is 58.1 Å². The van der Waals surface area contributed by atoms with Crippen molar-refractivity contribution in [3.8, 4) is 11.1 Å². The SMILES string of the molecule is COC(=O)CCC(C)(C)CC(=O)Cc1cc(C)c(-c2ccc(Cl)cc2)cc1C. The average Bonchev–Trinajstić information content (AvgIpc) is 2.63. The summed E-state index contributed by atoms with van der Waals surface area (Å²) in [6, 6.07) is 12.1. The average molecular weight is 401 g/mol. The number of methoxy groups -OCH3 is 1. The Balaban J connectivity index is 2.09. The molecule has 0 aromatic heterocycles. The van der Waals surface area contributed by atoms with E-state index in [0.717, 1.165) is 32.8 Å². The van der Waals surface area contributed by atoms with E-state index in [4.69, 9.17) is 16.3 Å². The molecule has 0 saturated carbocycles. The van der Waals surface area contributed by atoms with Crippen LogP contribution in [0.2, 0.25) is 5.02 Å². The number of hydrogen-bond acceptors (Lipinski definition) is 3. The first-order valence-corrected chi connectivity index (χ1v) is 9.93. The zero-order valence-electron chi connectivity index (χ0n) is 17.4. The Kier molecular flexibility index (Phi) is 7.42. The number of rotatable bonds is 8. The van der Waals surface area contributed by atoms with Gasteiger partial charge < -0.3 is 4.74 Å². The molecule has 28 heavy (non-hydrogen) atoms. The molecule has 2 aromatic carbocycles. The number of ketones is 1. The van der Waals surface area contributed by atoms with Crippen LogP contribution >= 0.6 is 11.6 Å². The lowest BCUT2D eigenvalue weighted by Gasteiger charge is -2.23. The quantitative estimate of drug-likeness (QED) is 0.502. The second-order valence-electron chi connectivity index (χ2n) is 8.23. The lowest BCUT2D eigenvalue weighted by atomic mass is 9.81. The fraction of sp³-hybridized carbons (Fsp3) is 0.417. The molecule has 0 N–H and O–H groups in total. The zero-order valence-corrected chi connectivity index (χ0v) is 18.2. The number of benzene rings is 2. The van der Waals surface area contributed by atoms with E-state index in [1.54, 1.807) is 0 Å². The molecule has 0 bridgehead atoms. The first-order valence-electron chi connectivity index (χ1n) is 9.56. The summed E-state index contributed by atoms with van der Waals surface area (Å²) in [5.41, 5.74) is 5.36. The molecule has 4 heteroatoms. The highest BCUT2D eigenvalue weighted by Gasteiger charge is 2.23. The van der Waals surface area contributed by atoms with Gasteiger partial charge in [0.1, 0.15) is 5.78 Å². The molecule has 0 spiro atoms. The number of halogens is 1. The van der Waals surface area contributed by atoms with E-state index in [9.17, 15) is 9.59 Å². The minimum absolute atomic E-state index is 0.191. The Morgan fingerprint density at radius 3 is 2.29 bits per heavy atom. The second-order valence-corrected chi connectivity index (χ2v) is 8.67. The van der Waals surface area contributed by atoms with Crippen molar-refractivity contribution >= 4 is 23.4 Å². The summed E-state index contributed by atoms with van der Waals surface area (Å²) in [4.78, 5) is 24.0. The number of carbonyl (C=O) groups excluding carboxylic acids is 2. The maximum absolute atomic E-state index is 12.7. The molecule has 0 aliphatic rings. The molecule has 0 aliphatic heterocycles. The number of ether oxygens (including phenoxy) is 1. The molecule has 0 atom stereocenters. The first kappa shape index (κ1) is 22.2. The topological polar surface area (TPSA) is 43.4 Å². The number of aryl methyl sites for hydroxylation is 2. The summed E-state index contributed by atoms with van der Waals surface area (Å²) < 4.78 is 4.70. The molecule has 2 rings (SSSR count). The highest BCUT2D eigenvalue weighted by Crippen LogP contribution is 2.30. The van der Waals surface area contributed by atoms with Crippen LogP contribution in [0.5, 0.6) is 0 Å². The van der Waals surface area contributed by atoms with Crippen LogP contribution in [0, 0.1) is 19.3 Å². The normalized spacial score (nSPS) is 11.4. The van der Waals surface area contributed by atoms with Crippen LogP contribution in [0.25, 0.3) is 11.1 Å². The molecule has 3 nitrogen and oxygen atoms in total. The fourth-order valence-electron chi connectivity index (χ4n) is 3.45. The molecule has 0 fully saturated rings. The van der Waals surface area contributed by atoms with E-state index in [2.05, 4.69) is 19.1 Å². The van der Waals surface area contributed by atoms with Crippen LogP contribution in [0.4, 0.5) is 0 Å². The lowest BCUT2D eigenvalue weighted by molar-refractivity contribution is -0.141. The monoisotopic (exact) mass is 400 g/mol. The highest BCUT2D eigenvalue weighted by atomic mass is 35.5. The number of Topliss-reactive ketones (excluding diaryl/α,β-unsaturated/α-hetero) is 1. The van der Waals surface area contributed by atoms with Crippen LogP contribution in [0.3, 0.4) is 0 Å². The van der Waals surface area contributed by atoms with Crippen molar-refractivity contribution in [2.24, 2.45) is 5.41 Å². The van der Waals surface area contributed by atoms with Gasteiger partial charge in [-0.2, -0.15) is 0 Å². The van der Waals surface area contributed by atoms with Crippen molar-refractivity contribution in [3.63, 3.8) is 0 Å². The van der Waals surface area contributed by atoms with Crippen LogP contribution in [0.1, 0.15) is 49.8 Å². The van der Waals surface area contributed by atoms with Crippen molar-refractivity contribution in [1.82, 2.24) is 0 Å². The number of hydrogen-bond donors (Lipinski definition) is 0. The Morgan fingerprint density at radius 1 is 1.04 bits per heavy atom. The largest absolute Gasteiger partial charge is 0.469 e. The van der Waals surface area contributed by atoms with Crippen molar-refractivity contribution < 1.29 is 14.3 Å². The minimum Gasteiger partial charge on any atom is -0.469 e. The molecular weight excluding hydrogens is 372 g/mol. The highest BCUT2D eigenvalue weighted by molar-refractivity contribution is 6.30. The fourth-order valence-corrected chi connectivity index (χ4v) is 3.57. The van der Waals surface area contributed by atoms with Gasteiger partial charge in [-0.3, -0.25) is 9.59 Å². The van der Waals surface area contributed by atoms with E-state index in [0.29, 0.717) is 25.7 Å². The van der Waals surface area contributed by atoms with Gasteiger partial charge in [0.2, 0.25) is 0 Å². The summed E-state index contributed by atoms with van der Waals surface area (Å²) in [5, 5.41) is 0.718. The van der Waals surface area contributed by atoms with Gasteiger partial charge in [-0.15, -0.1) is 0 Å². The molecule has 2 aromatic rings. The summed E-state index contributed by atoms with van der Waals surface area (Å²) in [5.74, 6) is -0.0404. The Labute approximate surface area is 173 Å². The minimum atomic E-state index is -0.232. The molecule has 0 saturated heterocycles. The van der Waals surface area contributed by atoms with E-state index in [-0.39, 0.29) is 17.2 Å². The van der Waals surface area contributed by atoms with Gasteiger partial charge in [-0.1, -0.05) is 49.7 Å². The molecule has 150 valence electrons. The summed E-state index contributed by atoms with van der Waals surface area (Å²) >= 11 is 5.99. The van der Waals surface area contributed by atoms with Gasteiger partial charge in [0, 0.05) is 24.3 Å². The van der Waals surface area contributed by atoms with Crippen LogP contribution in [-0.2, 0) is 20.7 Å². The van der Waals surface area contributed by atoms with Crippen molar-refractivity contribution in [1.29, 1.82) is 0 Å². The van der Waals surface area contributed by atoms with Crippen LogP contribution in [-0.4, -0.2) is 18.9 Å². The van der Waals surface area contributed by atoms with Gasteiger partial charge >= 0.3 is 5.97 Å². The van der Waals surface area contributed by atoms with E-state index in [1.807, 2.05) is 45.0 Å². The van der Waals surface area contributed by atoms with Crippen LogP contribution in [0.15, 0.2) is 36.4 Å². The third kappa shape index (κ3) is 6.20. The number of esters is 1. The molecule has 0 unspecified atom stereocenters. The van der Waals surface area contributed by atoms with Gasteiger partial charge in [0.25, 0.3) is 0 Å². The lowest BCUT2D eigenvalue weighted by Crippen LogP contribution is -2.20. The van der Waals surface area contributed by atoms with Gasteiger partial charge in [0.05, 0.1) is 7.11 Å². The molecular formula is C24H29ClO3. The predicted octanol–water partition coefficient (Wildman–Crippen LogP) is 6.10. The zero-order chi connectivity index (χ0) is 20.9. The third-order valence-electron chi connectivity index (χ3n) is 5.14. The first-order chi connectivity index (χ1) is 13.1. The Bertz CT molecular complexity index is 851.